The van der Waals surface area contributed by atoms with E-state index in [1.165, 1.54) is 11.8 Å². The summed E-state index contributed by atoms with van der Waals surface area (Å²) in [7, 11) is 0. The highest BCUT2D eigenvalue weighted by atomic mass is 32.2. The van der Waals surface area contributed by atoms with Crippen LogP contribution in [0.25, 0.3) is 5.69 Å². The lowest BCUT2D eigenvalue weighted by Gasteiger charge is -2.03. The van der Waals surface area contributed by atoms with Gasteiger partial charge in [0.25, 0.3) is 5.91 Å². The first-order chi connectivity index (χ1) is 13.4. The summed E-state index contributed by atoms with van der Waals surface area (Å²) in [6, 6.07) is 11.8. The number of aryl methyl sites for hydroxylation is 3. The van der Waals surface area contributed by atoms with Gasteiger partial charge in [-0.3, -0.25) is 4.79 Å². The van der Waals surface area contributed by atoms with Crippen LogP contribution in [0.5, 0.6) is 0 Å². The van der Waals surface area contributed by atoms with Crippen molar-refractivity contribution in [3.05, 3.63) is 64.7 Å². The van der Waals surface area contributed by atoms with Gasteiger partial charge in [-0.25, -0.2) is 20.1 Å². The van der Waals surface area contributed by atoms with E-state index in [-0.39, 0.29) is 11.7 Å². The third-order valence-corrected chi connectivity index (χ3v) is 4.87. The SMILES string of the molecule is Cc1cc(C)nc(SCC(=O)N/N=C\c2c(C)nn(-c3ccccc3)c2C)n1. The Balaban J connectivity index is 1.61. The fourth-order valence-corrected chi connectivity index (χ4v) is 3.49. The van der Waals surface area contributed by atoms with Gasteiger partial charge in [0, 0.05) is 17.0 Å². The quantitative estimate of drug-likeness (QED) is 0.300. The molecule has 1 amide bonds. The summed E-state index contributed by atoms with van der Waals surface area (Å²) in [5.74, 6) is -0.0173. The fraction of sp³-hybridized carbons (Fsp3) is 0.250. The summed E-state index contributed by atoms with van der Waals surface area (Å²) in [5, 5.41) is 9.24. The van der Waals surface area contributed by atoms with Crippen molar-refractivity contribution in [3.63, 3.8) is 0 Å². The summed E-state index contributed by atoms with van der Waals surface area (Å²) in [6.07, 6.45) is 1.63. The molecule has 0 radical (unpaired) electrons. The Labute approximate surface area is 168 Å². The van der Waals surface area contributed by atoms with Gasteiger partial charge in [-0.1, -0.05) is 30.0 Å². The van der Waals surface area contributed by atoms with Crippen LogP contribution in [0.1, 0.15) is 28.3 Å². The molecule has 0 aliphatic heterocycles. The van der Waals surface area contributed by atoms with Gasteiger partial charge in [0.2, 0.25) is 0 Å². The van der Waals surface area contributed by atoms with Crippen molar-refractivity contribution in [2.24, 2.45) is 5.10 Å². The third-order valence-electron chi connectivity index (χ3n) is 4.03. The van der Waals surface area contributed by atoms with Crippen molar-refractivity contribution >= 4 is 23.9 Å². The minimum absolute atomic E-state index is 0.196. The highest BCUT2D eigenvalue weighted by Gasteiger charge is 2.11. The summed E-state index contributed by atoms with van der Waals surface area (Å²) < 4.78 is 1.87. The Morgan fingerprint density at radius 2 is 1.82 bits per heavy atom. The van der Waals surface area contributed by atoms with Gasteiger partial charge < -0.3 is 0 Å². The number of thioether (sulfide) groups is 1. The van der Waals surface area contributed by atoms with Gasteiger partial charge in [-0.15, -0.1) is 0 Å². The van der Waals surface area contributed by atoms with Crippen molar-refractivity contribution in [1.29, 1.82) is 0 Å². The molecule has 0 atom stereocenters. The molecule has 1 N–H and O–H groups in total. The standard InChI is InChI=1S/C20H22N6OS/c1-13-10-14(2)23-20(22-13)28-12-19(27)24-21-11-18-15(3)25-26(16(18)4)17-8-6-5-7-9-17/h5-11H,12H2,1-4H3,(H,24,27)/b21-11-. The van der Waals surface area contributed by atoms with E-state index in [2.05, 4.69) is 25.6 Å². The predicted molar refractivity (Wildman–Crippen MR) is 111 cm³/mol. The van der Waals surface area contributed by atoms with Crippen LogP contribution < -0.4 is 5.43 Å². The minimum atomic E-state index is -0.213. The van der Waals surface area contributed by atoms with Gasteiger partial charge in [-0.05, 0) is 45.9 Å². The van der Waals surface area contributed by atoms with E-state index in [4.69, 9.17) is 0 Å². The van der Waals surface area contributed by atoms with Crippen LogP contribution in [0, 0.1) is 27.7 Å². The summed E-state index contributed by atoms with van der Waals surface area (Å²) >= 11 is 1.29. The van der Waals surface area contributed by atoms with Gasteiger partial charge in [0.05, 0.1) is 29.0 Å². The van der Waals surface area contributed by atoms with Gasteiger partial charge in [0.1, 0.15) is 0 Å². The Hall–Kier alpha value is -3.00. The normalized spacial score (nSPS) is 11.1. The number of rotatable bonds is 6. The number of aromatic nitrogens is 4. The van der Waals surface area contributed by atoms with Crippen LogP contribution in [-0.4, -0.2) is 37.6 Å². The van der Waals surface area contributed by atoms with Crippen molar-refractivity contribution < 1.29 is 4.79 Å². The molecule has 0 spiro atoms. The second kappa shape index (κ2) is 8.79. The van der Waals surface area contributed by atoms with E-state index >= 15 is 0 Å². The van der Waals surface area contributed by atoms with Crippen molar-refractivity contribution in [2.45, 2.75) is 32.9 Å². The highest BCUT2D eigenvalue weighted by Crippen LogP contribution is 2.16. The molecule has 1 aromatic carbocycles. The van der Waals surface area contributed by atoms with E-state index in [1.54, 1.807) is 6.21 Å². The minimum Gasteiger partial charge on any atom is -0.272 e. The number of benzene rings is 1. The molecular formula is C20H22N6OS. The van der Waals surface area contributed by atoms with Crippen LogP contribution in [0.4, 0.5) is 0 Å². The number of carbonyl (C=O) groups excluding carboxylic acids is 1. The molecule has 144 valence electrons. The van der Waals surface area contributed by atoms with Gasteiger partial charge in [0.15, 0.2) is 5.16 Å². The molecule has 0 unspecified atom stereocenters. The number of hydrogen-bond acceptors (Lipinski definition) is 6. The maximum Gasteiger partial charge on any atom is 0.250 e. The first-order valence-electron chi connectivity index (χ1n) is 8.82. The number of hydrogen-bond donors (Lipinski definition) is 1. The number of carbonyl (C=O) groups is 1. The van der Waals surface area contributed by atoms with Crippen LogP contribution in [0.15, 0.2) is 46.7 Å². The Kier molecular flexibility index (Phi) is 6.20. The molecule has 0 saturated heterocycles. The Morgan fingerprint density at radius 1 is 1.14 bits per heavy atom. The van der Waals surface area contributed by atoms with E-state index in [9.17, 15) is 4.79 Å². The fourth-order valence-electron chi connectivity index (χ4n) is 2.75. The molecule has 0 saturated carbocycles. The predicted octanol–water partition coefficient (Wildman–Crippen LogP) is 3.14. The molecule has 0 aliphatic carbocycles. The van der Waals surface area contributed by atoms with Crippen molar-refractivity contribution in [3.8, 4) is 5.69 Å². The molecule has 2 heterocycles. The van der Waals surface area contributed by atoms with E-state index in [0.717, 1.165) is 34.0 Å². The smallest absolute Gasteiger partial charge is 0.250 e. The average Bonchev–Trinajstić information content (AvgIpc) is 2.94. The van der Waals surface area contributed by atoms with Crippen LogP contribution >= 0.6 is 11.8 Å². The lowest BCUT2D eigenvalue weighted by atomic mass is 10.2. The highest BCUT2D eigenvalue weighted by molar-refractivity contribution is 7.99. The zero-order valence-electron chi connectivity index (χ0n) is 16.3. The van der Waals surface area contributed by atoms with E-state index < -0.39 is 0 Å². The van der Waals surface area contributed by atoms with Gasteiger partial charge >= 0.3 is 0 Å². The third kappa shape index (κ3) is 4.83. The zero-order chi connectivity index (χ0) is 20.1. The van der Waals surface area contributed by atoms with Crippen molar-refractivity contribution in [1.82, 2.24) is 25.2 Å². The average molecular weight is 395 g/mol. The van der Waals surface area contributed by atoms with Crippen molar-refractivity contribution in [2.75, 3.05) is 5.75 Å². The lowest BCUT2D eigenvalue weighted by Crippen LogP contribution is -2.20. The number of para-hydroxylation sites is 1. The number of nitrogens with zero attached hydrogens (tertiary/aromatic N) is 5. The maximum absolute atomic E-state index is 12.1. The number of nitrogens with one attached hydrogen (secondary N) is 1. The van der Waals surface area contributed by atoms with E-state index in [0.29, 0.717) is 5.16 Å². The topological polar surface area (TPSA) is 85.1 Å². The lowest BCUT2D eigenvalue weighted by molar-refractivity contribution is -0.118. The molecular weight excluding hydrogens is 372 g/mol. The van der Waals surface area contributed by atoms with Gasteiger partial charge in [-0.2, -0.15) is 10.2 Å². The van der Waals surface area contributed by atoms with Crippen LogP contribution in [0.3, 0.4) is 0 Å². The van der Waals surface area contributed by atoms with Crippen LogP contribution in [0.2, 0.25) is 0 Å². The molecule has 0 aliphatic rings. The Morgan fingerprint density at radius 3 is 2.50 bits per heavy atom. The van der Waals surface area contributed by atoms with E-state index in [1.807, 2.05) is 68.8 Å². The molecule has 0 fully saturated rings. The monoisotopic (exact) mass is 394 g/mol. The summed E-state index contributed by atoms with van der Waals surface area (Å²) in [6.45, 7) is 7.71. The first-order valence-corrected chi connectivity index (χ1v) is 9.81. The second-order valence-corrected chi connectivity index (χ2v) is 7.29. The largest absolute Gasteiger partial charge is 0.272 e. The summed E-state index contributed by atoms with van der Waals surface area (Å²) in [5.41, 5.74) is 7.99. The molecule has 28 heavy (non-hydrogen) atoms. The number of amides is 1. The van der Waals surface area contributed by atoms with Crippen LogP contribution in [-0.2, 0) is 4.79 Å². The maximum atomic E-state index is 12.1. The number of hydrazone groups is 1. The molecule has 3 aromatic rings. The molecule has 8 heteroatoms. The zero-order valence-corrected chi connectivity index (χ0v) is 17.1. The summed E-state index contributed by atoms with van der Waals surface area (Å²) in [4.78, 5) is 20.7. The molecule has 2 aromatic heterocycles. The molecule has 0 bridgehead atoms. The molecule has 7 nitrogen and oxygen atoms in total. The molecule has 3 rings (SSSR count). The first kappa shape index (κ1) is 19.8. The second-order valence-electron chi connectivity index (χ2n) is 6.35. The Bertz CT molecular complexity index is 993.